The van der Waals surface area contributed by atoms with Crippen molar-refractivity contribution in [2.24, 2.45) is 5.73 Å². The molecule has 0 spiro atoms. The maximum Gasteiger partial charge on any atom is 0.151 e. The summed E-state index contributed by atoms with van der Waals surface area (Å²) in [5.41, 5.74) is 5.40. The fraction of sp³-hybridized carbons (Fsp3) is 1.00. The van der Waals surface area contributed by atoms with Gasteiger partial charge >= 0.3 is 0 Å². The van der Waals surface area contributed by atoms with Crippen molar-refractivity contribution in [1.82, 2.24) is 5.32 Å². The summed E-state index contributed by atoms with van der Waals surface area (Å²) in [6, 6.07) is 0.165. The molecule has 1 aliphatic carbocycles. The molecule has 0 aromatic carbocycles. The maximum absolute atomic E-state index is 11.5. The van der Waals surface area contributed by atoms with E-state index in [1.807, 2.05) is 0 Å². The van der Waals surface area contributed by atoms with Gasteiger partial charge in [-0.3, -0.25) is 0 Å². The van der Waals surface area contributed by atoms with E-state index in [4.69, 9.17) is 5.73 Å². The Morgan fingerprint density at radius 1 is 1.33 bits per heavy atom. The van der Waals surface area contributed by atoms with E-state index in [0.717, 1.165) is 38.6 Å². The highest BCUT2D eigenvalue weighted by molar-refractivity contribution is 7.91. The van der Waals surface area contributed by atoms with Crippen molar-refractivity contribution < 1.29 is 8.42 Å². The Labute approximate surface area is 92.5 Å². The Bertz CT molecular complexity index is 277. The van der Waals surface area contributed by atoms with Crippen LogP contribution in [0, 0.1) is 0 Å². The van der Waals surface area contributed by atoms with Gasteiger partial charge in [-0.05, 0) is 38.8 Å². The SMILES string of the molecule is CS(=O)(=O)C1CCCC1NCCCCN. The van der Waals surface area contributed by atoms with E-state index in [1.165, 1.54) is 6.26 Å². The lowest BCUT2D eigenvalue weighted by atomic mass is 10.2. The summed E-state index contributed by atoms with van der Waals surface area (Å²) >= 11 is 0. The molecule has 15 heavy (non-hydrogen) atoms. The molecule has 5 heteroatoms. The van der Waals surface area contributed by atoms with Crippen molar-refractivity contribution in [1.29, 1.82) is 0 Å². The first-order valence-electron chi connectivity index (χ1n) is 5.68. The van der Waals surface area contributed by atoms with E-state index in [0.29, 0.717) is 6.54 Å². The second-order valence-electron chi connectivity index (χ2n) is 4.36. The van der Waals surface area contributed by atoms with Gasteiger partial charge in [-0.1, -0.05) is 6.42 Å². The van der Waals surface area contributed by atoms with E-state index >= 15 is 0 Å². The molecule has 0 heterocycles. The highest BCUT2D eigenvalue weighted by Gasteiger charge is 2.33. The standard InChI is InChI=1S/C10H22N2O2S/c1-15(13,14)10-6-4-5-9(10)12-8-3-2-7-11/h9-10,12H,2-8,11H2,1H3. The molecule has 0 amide bonds. The number of nitrogens with one attached hydrogen (secondary N) is 1. The lowest BCUT2D eigenvalue weighted by Crippen LogP contribution is -2.40. The average Bonchev–Trinajstić information content (AvgIpc) is 2.59. The molecule has 1 rings (SSSR count). The van der Waals surface area contributed by atoms with Gasteiger partial charge in [0.25, 0.3) is 0 Å². The summed E-state index contributed by atoms with van der Waals surface area (Å²) in [6.45, 7) is 1.59. The van der Waals surface area contributed by atoms with E-state index in [1.54, 1.807) is 0 Å². The van der Waals surface area contributed by atoms with Crippen LogP contribution in [0.2, 0.25) is 0 Å². The molecule has 90 valence electrons. The number of sulfone groups is 1. The minimum atomic E-state index is -2.88. The van der Waals surface area contributed by atoms with Crippen LogP contribution in [0.1, 0.15) is 32.1 Å². The molecular formula is C10H22N2O2S. The van der Waals surface area contributed by atoms with Gasteiger partial charge in [0.05, 0.1) is 5.25 Å². The van der Waals surface area contributed by atoms with Gasteiger partial charge < -0.3 is 11.1 Å². The molecule has 1 aliphatic rings. The molecule has 0 aliphatic heterocycles. The Hall–Kier alpha value is -0.130. The molecule has 0 bridgehead atoms. The molecule has 0 aromatic heterocycles. The van der Waals surface area contributed by atoms with E-state index in [9.17, 15) is 8.42 Å². The van der Waals surface area contributed by atoms with Crippen molar-refractivity contribution in [2.45, 2.75) is 43.4 Å². The quantitative estimate of drug-likeness (QED) is 0.648. The second-order valence-corrected chi connectivity index (χ2v) is 6.62. The lowest BCUT2D eigenvalue weighted by Gasteiger charge is -2.19. The summed E-state index contributed by atoms with van der Waals surface area (Å²) in [5.74, 6) is 0. The fourth-order valence-electron chi connectivity index (χ4n) is 2.23. The van der Waals surface area contributed by atoms with Crippen LogP contribution >= 0.6 is 0 Å². The zero-order chi connectivity index (χ0) is 11.3. The van der Waals surface area contributed by atoms with Crippen LogP contribution in [0.4, 0.5) is 0 Å². The molecule has 2 atom stereocenters. The summed E-state index contributed by atoms with van der Waals surface area (Å²) in [4.78, 5) is 0. The van der Waals surface area contributed by atoms with Crippen LogP contribution in [-0.4, -0.2) is 39.1 Å². The Kier molecular flexibility index (Phi) is 5.02. The predicted octanol–water partition coefficient (Wildman–Crippen LogP) is 0.281. The molecular weight excluding hydrogens is 212 g/mol. The molecule has 0 radical (unpaired) electrons. The first kappa shape index (κ1) is 12.9. The lowest BCUT2D eigenvalue weighted by molar-refractivity contribution is 0.497. The summed E-state index contributed by atoms with van der Waals surface area (Å²) in [6.07, 6.45) is 6.20. The molecule has 1 saturated carbocycles. The normalized spacial score (nSPS) is 27.1. The Balaban J connectivity index is 2.34. The van der Waals surface area contributed by atoms with Gasteiger partial charge in [0, 0.05) is 12.3 Å². The third-order valence-corrected chi connectivity index (χ3v) is 4.70. The molecule has 3 N–H and O–H groups in total. The van der Waals surface area contributed by atoms with Crippen LogP contribution in [0.3, 0.4) is 0 Å². The van der Waals surface area contributed by atoms with Crippen molar-refractivity contribution in [3.05, 3.63) is 0 Å². The van der Waals surface area contributed by atoms with E-state index < -0.39 is 9.84 Å². The minimum Gasteiger partial charge on any atom is -0.330 e. The molecule has 0 aromatic rings. The highest BCUT2D eigenvalue weighted by Crippen LogP contribution is 2.24. The van der Waals surface area contributed by atoms with Crippen molar-refractivity contribution in [2.75, 3.05) is 19.3 Å². The van der Waals surface area contributed by atoms with Gasteiger partial charge in [-0.25, -0.2) is 8.42 Å². The number of nitrogens with two attached hydrogens (primary N) is 1. The zero-order valence-corrected chi connectivity index (χ0v) is 10.2. The Morgan fingerprint density at radius 2 is 2.07 bits per heavy atom. The minimum absolute atomic E-state index is 0.165. The molecule has 0 saturated heterocycles. The largest absolute Gasteiger partial charge is 0.330 e. The number of hydrogen-bond donors (Lipinski definition) is 2. The fourth-order valence-corrected chi connectivity index (χ4v) is 3.65. The van der Waals surface area contributed by atoms with Crippen LogP contribution in [0.15, 0.2) is 0 Å². The smallest absolute Gasteiger partial charge is 0.151 e. The van der Waals surface area contributed by atoms with Crippen molar-refractivity contribution in [3.8, 4) is 0 Å². The van der Waals surface area contributed by atoms with Gasteiger partial charge in [-0.15, -0.1) is 0 Å². The first-order valence-corrected chi connectivity index (χ1v) is 7.63. The van der Waals surface area contributed by atoms with E-state index in [2.05, 4.69) is 5.32 Å². The van der Waals surface area contributed by atoms with Crippen LogP contribution in [0.25, 0.3) is 0 Å². The first-order chi connectivity index (χ1) is 7.05. The van der Waals surface area contributed by atoms with E-state index in [-0.39, 0.29) is 11.3 Å². The molecule has 4 nitrogen and oxygen atoms in total. The van der Waals surface area contributed by atoms with Gasteiger partial charge in [0.15, 0.2) is 9.84 Å². The second kappa shape index (κ2) is 5.82. The summed E-state index contributed by atoms with van der Waals surface area (Å²) in [7, 11) is -2.88. The topological polar surface area (TPSA) is 72.2 Å². The maximum atomic E-state index is 11.5. The zero-order valence-electron chi connectivity index (χ0n) is 9.41. The van der Waals surface area contributed by atoms with Crippen molar-refractivity contribution in [3.63, 3.8) is 0 Å². The molecule has 1 fully saturated rings. The summed E-state index contributed by atoms with van der Waals surface area (Å²) in [5, 5.41) is 3.17. The highest BCUT2D eigenvalue weighted by atomic mass is 32.2. The van der Waals surface area contributed by atoms with Gasteiger partial charge in [0.1, 0.15) is 0 Å². The van der Waals surface area contributed by atoms with Crippen LogP contribution in [-0.2, 0) is 9.84 Å². The monoisotopic (exact) mass is 234 g/mol. The average molecular weight is 234 g/mol. The van der Waals surface area contributed by atoms with Crippen LogP contribution in [0.5, 0.6) is 0 Å². The summed E-state index contributed by atoms with van der Waals surface area (Å²) < 4.78 is 22.9. The number of hydrogen-bond acceptors (Lipinski definition) is 4. The number of rotatable bonds is 6. The predicted molar refractivity (Wildman–Crippen MR) is 62.6 cm³/mol. The van der Waals surface area contributed by atoms with Crippen LogP contribution < -0.4 is 11.1 Å². The Morgan fingerprint density at radius 3 is 2.67 bits per heavy atom. The third-order valence-electron chi connectivity index (χ3n) is 3.04. The van der Waals surface area contributed by atoms with Crippen molar-refractivity contribution >= 4 is 9.84 Å². The van der Waals surface area contributed by atoms with Gasteiger partial charge in [-0.2, -0.15) is 0 Å². The van der Waals surface area contributed by atoms with Gasteiger partial charge in [0.2, 0.25) is 0 Å². The number of unbranched alkanes of at least 4 members (excludes halogenated alkanes) is 1. The third kappa shape index (κ3) is 4.09. The molecule has 2 unspecified atom stereocenters.